The van der Waals surface area contributed by atoms with Gasteiger partial charge in [-0.15, -0.1) is 0 Å². The number of fused-ring (bicyclic) bond motifs is 1. The third-order valence-electron chi connectivity index (χ3n) is 2.67. The summed E-state index contributed by atoms with van der Waals surface area (Å²) in [6.07, 6.45) is 0.784. The first-order chi connectivity index (χ1) is 6.68. The van der Waals surface area contributed by atoms with Crippen molar-refractivity contribution in [2.24, 2.45) is 5.73 Å². The lowest BCUT2D eigenvalue weighted by atomic mass is 9.87. The normalized spacial score (nSPS) is 24.9. The Kier molecular flexibility index (Phi) is 2.15. The van der Waals surface area contributed by atoms with Crippen LogP contribution in [0.4, 0.5) is 5.69 Å². The molecular weight excluding hydrogens is 176 g/mol. The SMILES string of the molecule is C[C@H]1C[C@H](C(N)=O)c2ccccc2N1. The zero-order chi connectivity index (χ0) is 10.1. The number of para-hydroxylation sites is 1. The van der Waals surface area contributed by atoms with Gasteiger partial charge in [-0.1, -0.05) is 18.2 Å². The Bertz CT molecular complexity index is 362. The molecule has 1 aliphatic rings. The van der Waals surface area contributed by atoms with Crippen LogP contribution < -0.4 is 11.1 Å². The van der Waals surface area contributed by atoms with Crippen LogP contribution in [-0.4, -0.2) is 11.9 Å². The molecule has 0 spiro atoms. The first-order valence-electron chi connectivity index (χ1n) is 4.83. The number of carbonyl (C=O) groups is 1. The molecule has 3 N–H and O–H groups in total. The molecule has 0 saturated carbocycles. The number of primary amides is 1. The molecule has 1 aromatic carbocycles. The van der Waals surface area contributed by atoms with Crippen LogP contribution in [0, 0.1) is 0 Å². The quantitative estimate of drug-likeness (QED) is 0.704. The van der Waals surface area contributed by atoms with E-state index in [0.29, 0.717) is 6.04 Å². The van der Waals surface area contributed by atoms with Crippen LogP contribution >= 0.6 is 0 Å². The summed E-state index contributed by atoms with van der Waals surface area (Å²) in [5, 5.41) is 3.34. The summed E-state index contributed by atoms with van der Waals surface area (Å²) in [6, 6.07) is 8.15. The molecule has 1 aromatic rings. The minimum Gasteiger partial charge on any atom is -0.382 e. The highest BCUT2D eigenvalue weighted by molar-refractivity contribution is 5.85. The first kappa shape index (κ1) is 9.06. The zero-order valence-corrected chi connectivity index (χ0v) is 8.16. The number of nitrogens with one attached hydrogen (secondary N) is 1. The number of rotatable bonds is 1. The van der Waals surface area contributed by atoms with Crippen LogP contribution in [0.3, 0.4) is 0 Å². The van der Waals surface area contributed by atoms with Crippen LogP contribution in [0.15, 0.2) is 24.3 Å². The second kappa shape index (κ2) is 3.33. The molecule has 0 fully saturated rings. The average molecular weight is 190 g/mol. The molecular formula is C11H14N2O. The van der Waals surface area contributed by atoms with Crippen molar-refractivity contribution in [3.63, 3.8) is 0 Å². The summed E-state index contributed by atoms with van der Waals surface area (Å²) >= 11 is 0. The zero-order valence-electron chi connectivity index (χ0n) is 8.16. The smallest absolute Gasteiger partial charge is 0.225 e. The van der Waals surface area contributed by atoms with Crippen molar-refractivity contribution in [2.45, 2.75) is 25.3 Å². The molecule has 3 heteroatoms. The first-order valence-corrected chi connectivity index (χ1v) is 4.83. The van der Waals surface area contributed by atoms with Crippen molar-refractivity contribution < 1.29 is 4.79 Å². The summed E-state index contributed by atoms with van der Waals surface area (Å²) in [5.41, 5.74) is 7.44. The fourth-order valence-corrected chi connectivity index (χ4v) is 2.01. The van der Waals surface area contributed by atoms with Gasteiger partial charge in [0.15, 0.2) is 0 Å². The maximum absolute atomic E-state index is 11.3. The highest BCUT2D eigenvalue weighted by atomic mass is 16.1. The average Bonchev–Trinajstić information content (AvgIpc) is 2.16. The van der Waals surface area contributed by atoms with Gasteiger partial charge in [0.1, 0.15) is 0 Å². The van der Waals surface area contributed by atoms with Crippen molar-refractivity contribution in [3.8, 4) is 0 Å². The Morgan fingerprint density at radius 3 is 2.93 bits per heavy atom. The van der Waals surface area contributed by atoms with E-state index in [-0.39, 0.29) is 11.8 Å². The maximum Gasteiger partial charge on any atom is 0.225 e. The standard InChI is InChI=1S/C11H14N2O/c1-7-6-9(11(12)14)8-4-2-3-5-10(8)13-7/h2-5,7,9,13H,6H2,1H3,(H2,12,14)/t7-,9-/m0/s1. The highest BCUT2D eigenvalue weighted by Crippen LogP contribution is 2.33. The molecule has 74 valence electrons. The highest BCUT2D eigenvalue weighted by Gasteiger charge is 2.27. The van der Waals surface area contributed by atoms with Crippen molar-refractivity contribution in [1.29, 1.82) is 0 Å². The molecule has 2 rings (SSSR count). The molecule has 0 unspecified atom stereocenters. The van der Waals surface area contributed by atoms with Gasteiger partial charge in [0.05, 0.1) is 5.92 Å². The lowest BCUT2D eigenvalue weighted by Gasteiger charge is -2.29. The van der Waals surface area contributed by atoms with Crippen LogP contribution in [0.25, 0.3) is 0 Å². The minimum atomic E-state index is -0.231. The van der Waals surface area contributed by atoms with Gasteiger partial charge in [0.2, 0.25) is 5.91 Å². The van der Waals surface area contributed by atoms with Gasteiger partial charge in [-0.25, -0.2) is 0 Å². The summed E-state index contributed by atoms with van der Waals surface area (Å²) < 4.78 is 0. The number of nitrogens with two attached hydrogens (primary N) is 1. The number of benzene rings is 1. The van der Waals surface area contributed by atoms with E-state index in [1.54, 1.807) is 0 Å². The van der Waals surface area contributed by atoms with E-state index in [2.05, 4.69) is 12.2 Å². The Hall–Kier alpha value is -1.51. The van der Waals surface area contributed by atoms with E-state index in [1.165, 1.54) is 0 Å². The topological polar surface area (TPSA) is 55.1 Å². The van der Waals surface area contributed by atoms with E-state index in [1.807, 2.05) is 24.3 Å². The molecule has 0 aliphatic carbocycles. The van der Waals surface area contributed by atoms with E-state index in [4.69, 9.17) is 5.73 Å². The van der Waals surface area contributed by atoms with Gasteiger partial charge < -0.3 is 11.1 Å². The van der Waals surface area contributed by atoms with Gasteiger partial charge >= 0.3 is 0 Å². The number of amides is 1. The van der Waals surface area contributed by atoms with Crippen LogP contribution in [0.2, 0.25) is 0 Å². The van der Waals surface area contributed by atoms with Gasteiger partial charge in [0, 0.05) is 11.7 Å². The van der Waals surface area contributed by atoms with E-state index >= 15 is 0 Å². The number of anilines is 1. The number of hydrogen-bond donors (Lipinski definition) is 2. The van der Waals surface area contributed by atoms with Gasteiger partial charge in [-0.3, -0.25) is 4.79 Å². The third kappa shape index (κ3) is 1.45. The second-order valence-electron chi connectivity index (χ2n) is 3.82. The number of carbonyl (C=O) groups excluding carboxylic acids is 1. The summed E-state index contributed by atoms with van der Waals surface area (Å²) in [5.74, 6) is -0.367. The van der Waals surface area contributed by atoms with Gasteiger partial charge in [-0.05, 0) is 25.0 Å². The summed E-state index contributed by atoms with van der Waals surface area (Å²) in [6.45, 7) is 2.06. The van der Waals surface area contributed by atoms with E-state index in [9.17, 15) is 4.79 Å². The Morgan fingerprint density at radius 2 is 2.21 bits per heavy atom. The molecule has 14 heavy (non-hydrogen) atoms. The number of hydrogen-bond acceptors (Lipinski definition) is 2. The van der Waals surface area contributed by atoms with Crippen LogP contribution in [-0.2, 0) is 4.79 Å². The molecule has 0 bridgehead atoms. The van der Waals surface area contributed by atoms with Crippen molar-refractivity contribution in [1.82, 2.24) is 0 Å². The fraction of sp³-hybridized carbons (Fsp3) is 0.364. The fourth-order valence-electron chi connectivity index (χ4n) is 2.01. The van der Waals surface area contributed by atoms with Crippen molar-refractivity contribution >= 4 is 11.6 Å². The Morgan fingerprint density at radius 1 is 1.50 bits per heavy atom. The van der Waals surface area contributed by atoms with E-state index in [0.717, 1.165) is 17.7 Å². The molecule has 0 saturated heterocycles. The lowest BCUT2D eigenvalue weighted by Crippen LogP contribution is -2.32. The van der Waals surface area contributed by atoms with Gasteiger partial charge in [-0.2, -0.15) is 0 Å². The van der Waals surface area contributed by atoms with Gasteiger partial charge in [0.25, 0.3) is 0 Å². The molecule has 2 atom stereocenters. The third-order valence-corrected chi connectivity index (χ3v) is 2.67. The molecule has 0 radical (unpaired) electrons. The van der Waals surface area contributed by atoms with Crippen molar-refractivity contribution in [2.75, 3.05) is 5.32 Å². The largest absolute Gasteiger partial charge is 0.382 e. The summed E-state index contributed by atoms with van der Waals surface area (Å²) in [4.78, 5) is 11.3. The second-order valence-corrected chi connectivity index (χ2v) is 3.82. The maximum atomic E-state index is 11.3. The Labute approximate surface area is 83.3 Å². The predicted molar refractivity (Wildman–Crippen MR) is 56.1 cm³/mol. The summed E-state index contributed by atoms with van der Waals surface area (Å²) in [7, 11) is 0. The lowest BCUT2D eigenvalue weighted by molar-refractivity contribution is -0.119. The monoisotopic (exact) mass is 190 g/mol. The van der Waals surface area contributed by atoms with Crippen LogP contribution in [0.1, 0.15) is 24.8 Å². The predicted octanol–water partition coefficient (Wildman–Crippen LogP) is 1.46. The van der Waals surface area contributed by atoms with Crippen LogP contribution in [0.5, 0.6) is 0 Å². The van der Waals surface area contributed by atoms with Crippen molar-refractivity contribution in [3.05, 3.63) is 29.8 Å². The molecule has 0 aromatic heterocycles. The molecule has 1 aliphatic heterocycles. The molecule has 1 amide bonds. The minimum absolute atomic E-state index is 0.137. The molecule has 1 heterocycles. The Balaban J connectivity index is 2.43. The van der Waals surface area contributed by atoms with E-state index < -0.39 is 0 Å². The molecule has 3 nitrogen and oxygen atoms in total.